The van der Waals surface area contributed by atoms with Crippen molar-refractivity contribution in [2.75, 3.05) is 6.54 Å². The van der Waals surface area contributed by atoms with Gasteiger partial charge in [0.1, 0.15) is 0 Å². The molecule has 5 nitrogen and oxygen atoms in total. The summed E-state index contributed by atoms with van der Waals surface area (Å²) in [5.74, 6) is 4.51. The number of azide groups is 1. The molecule has 0 radical (unpaired) electrons. The third-order valence-electron chi connectivity index (χ3n) is 1.50. The lowest BCUT2D eigenvalue weighted by Gasteiger charge is -1.87. The molecule has 0 aliphatic rings. The predicted octanol–water partition coefficient (Wildman–Crippen LogP) is 2.50. The van der Waals surface area contributed by atoms with E-state index < -0.39 is 5.97 Å². The van der Waals surface area contributed by atoms with Crippen molar-refractivity contribution in [3.8, 4) is 11.8 Å². The molecule has 6 heteroatoms. The second-order valence-corrected chi connectivity index (χ2v) is 3.39. The van der Waals surface area contributed by atoms with E-state index in [4.69, 9.17) is 10.6 Å². The van der Waals surface area contributed by atoms with Crippen molar-refractivity contribution in [1.82, 2.24) is 0 Å². The van der Waals surface area contributed by atoms with E-state index in [9.17, 15) is 4.79 Å². The van der Waals surface area contributed by atoms with Crippen molar-refractivity contribution >= 4 is 17.3 Å². The first-order valence-corrected chi connectivity index (χ1v) is 4.94. The molecule has 0 unspecified atom stereocenters. The van der Waals surface area contributed by atoms with Gasteiger partial charge in [-0.3, -0.25) is 0 Å². The topological polar surface area (TPSA) is 86.1 Å². The van der Waals surface area contributed by atoms with Crippen LogP contribution in [0.15, 0.2) is 16.6 Å². The largest absolute Gasteiger partial charge is 0.478 e. The minimum Gasteiger partial charge on any atom is -0.478 e. The number of carboxylic acid groups (broad SMARTS) is 1. The zero-order chi connectivity index (χ0) is 11.1. The van der Waals surface area contributed by atoms with E-state index in [0.717, 1.165) is 0 Å². The fraction of sp³-hybridized carbons (Fsp3) is 0.222. The van der Waals surface area contributed by atoms with Crippen LogP contribution in [0.2, 0.25) is 0 Å². The maximum atomic E-state index is 10.7. The molecule has 1 heterocycles. The number of hydrogen-bond acceptors (Lipinski definition) is 3. The minimum atomic E-state index is -0.976. The average Bonchev–Trinajstić information content (AvgIpc) is 2.66. The molecule has 0 atom stereocenters. The Bertz CT molecular complexity index is 463. The van der Waals surface area contributed by atoms with Gasteiger partial charge in [0.15, 0.2) is 0 Å². The quantitative estimate of drug-likeness (QED) is 0.279. The lowest BCUT2D eigenvalue weighted by atomic mass is 10.2. The minimum absolute atomic E-state index is 0.219. The highest BCUT2D eigenvalue weighted by molar-refractivity contribution is 7.10. The number of carbonyl (C=O) groups is 1. The number of nitrogens with zero attached hydrogens (tertiary/aromatic N) is 3. The number of rotatable bonds is 3. The van der Waals surface area contributed by atoms with Gasteiger partial charge in [0.25, 0.3) is 0 Å². The Hall–Kier alpha value is -1.96. The third-order valence-corrected chi connectivity index (χ3v) is 2.33. The zero-order valence-electron chi connectivity index (χ0n) is 7.67. The van der Waals surface area contributed by atoms with Crippen LogP contribution in [0.1, 0.15) is 21.7 Å². The predicted molar refractivity (Wildman–Crippen MR) is 56.8 cm³/mol. The lowest BCUT2D eigenvalue weighted by Crippen LogP contribution is -1.95. The molecule has 0 aliphatic heterocycles. The van der Waals surface area contributed by atoms with Crippen molar-refractivity contribution in [1.29, 1.82) is 0 Å². The molecular weight excluding hydrogens is 214 g/mol. The second kappa shape index (κ2) is 5.70. The van der Waals surface area contributed by atoms with Gasteiger partial charge in [-0.2, -0.15) is 0 Å². The number of aromatic carboxylic acids is 1. The highest BCUT2D eigenvalue weighted by Crippen LogP contribution is 2.15. The van der Waals surface area contributed by atoms with Crippen LogP contribution in [0, 0.1) is 11.8 Å². The normalized spacial score (nSPS) is 8.53. The molecule has 1 aromatic heterocycles. The van der Waals surface area contributed by atoms with Crippen LogP contribution in [0.4, 0.5) is 0 Å². The summed E-state index contributed by atoms with van der Waals surface area (Å²) in [7, 11) is 0. The Balaban J connectivity index is 2.67. The summed E-state index contributed by atoms with van der Waals surface area (Å²) in [5, 5.41) is 13.8. The SMILES string of the molecule is [N-]=[N+]=NCCC#Cc1sccc1C(=O)O. The van der Waals surface area contributed by atoms with Crippen LogP contribution < -0.4 is 0 Å². The second-order valence-electron chi connectivity index (χ2n) is 2.47. The number of hydrogen-bond donors (Lipinski definition) is 1. The molecule has 0 bridgehead atoms. The molecule has 0 aliphatic carbocycles. The van der Waals surface area contributed by atoms with Gasteiger partial charge in [0, 0.05) is 17.9 Å². The highest BCUT2D eigenvalue weighted by atomic mass is 32.1. The summed E-state index contributed by atoms with van der Waals surface area (Å²) in [6.07, 6.45) is 0.432. The molecule has 0 saturated carbocycles. The van der Waals surface area contributed by atoms with Gasteiger partial charge in [-0.1, -0.05) is 17.0 Å². The summed E-state index contributed by atoms with van der Waals surface area (Å²) >= 11 is 1.28. The van der Waals surface area contributed by atoms with Crippen LogP contribution in [0.25, 0.3) is 10.4 Å². The first kappa shape index (κ1) is 11.1. The van der Waals surface area contributed by atoms with Gasteiger partial charge in [-0.15, -0.1) is 11.3 Å². The number of carboxylic acids is 1. The fourth-order valence-electron chi connectivity index (χ4n) is 0.868. The molecule has 1 N–H and O–H groups in total. The van der Waals surface area contributed by atoms with Crippen molar-refractivity contribution in [2.45, 2.75) is 6.42 Å². The van der Waals surface area contributed by atoms with Crippen LogP contribution in [0.5, 0.6) is 0 Å². The van der Waals surface area contributed by atoms with E-state index in [1.54, 1.807) is 5.38 Å². The molecule has 15 heavy (non-hydrogen) atoms. The standard InChI is InChI=1S/C9H7N3O2S/c10-12-11-5-2-1-3-8-7(9(13)14)4-6-15-8/h4,6H,2,5H2,(H,13,14). The molecule has 0 fully saturated rings. The van der Waals surface area contributed by atoms with E-state index in [1.807, 2.05) is 0 Å². The van der Waals surface area contributed by atoms with Crippen molar-refractivity contribution in [2.24, 2.45) is 5.11 Å². The van der Waals surface area contributed by atoms with Gasteiger partial charge >= 0.3 is 5.97 Å². The monoisotopic (exact) mass is 221 g/mol. The van der Waals surface area contributed by atoms with Crippen molar-refractivity contribution < 1.29 is 9.90 Å². The van der Waals surface area contributed by atoms with Gasteiger partial charge in [0.2, 0.25) is 0 Å². The molecule has 0 aromatic carbocycles. The Morgan fingerprint density at radius 2 is 2.53 bits per heavy atom. The smallest absolute Gasteiger partial charge is 0.337 e. The molecule has 0 saturated heterocycles. The summed E-state index contributed by atoms with van der Waals surface area (Å²) < 4.78 is 0. The van der Waals surface area contributed by atoms with Crippen LogP contribution >= 0.6 is 11.3 Å². The summed E-state index contributed by atoms with van der Waals surface area (Å²) in [6, 6.07) is 1.52. The van der Waals surface area contributed by atoms with E-state index in [1.165, 1.54) is 17.4 Å². The van der Waals surface area contributed by atoms with Gasteiger partial charge in [-0.05, 0) is 17.0 Å². The Morgan fingerprint density at radius 1 is 1.73 bits per heavy atom. The molecule has 0 spiro atoms. The van der Waals surface area contributed by atoms with Crippen LogP contribution in [-0.4, -0.2) is 17.6 Å². The molecular formula is C9H7N3O2S. The van der Waals surface area contributed by atoms with Crippen molar-refractivity contribution in [3.05, 3.63) is 32.3 Å². The maximum absolute atomic E-state index is 10.7. The van der Waals surface area contributed by atoms with Crippen LogP contribution in [-0.2, 0) is 0 Å². The molecule has 76 valence electrons. The average molecular weight is 221 g/mol. The Morgan fingerprint density at radius 3 is 3.20 bits per heavy atom. The molecule has 0 amide bonds. The van der Waals surface area contributed by atoms with E-state index in [2.05, 4.69) is 21.9 Å². The fourth-order valence-corrected chi connectivity index (χ4v) is 1.62. The van der Waals surface area contributed by atoms with E-state index in [0.29, 0.717) is 17.8 Å². The summed E-state index contributed by atoms with van der Waals surface area (Å²) in [5.41, 5.74) is 8.22. The third kappa shape index (κ3) is 3.35. The van der Waals surface area contributed by atoms with Gasteiger partial charge < -0.3 is 5.11 Å². The Labute approximate surface area is 90.0 Å². The van der Waals surface area contributed by atoms with E-state index >= 15 is 0 Å². The zero-order valence-corrected chi connectivity index (χ0v) is 8.49. The summed E-state index contributed by atoms with van der Waals surface area (Å²) in [4.78, 5) is 13.8. The first-order chi connectivity index (χ1) is 7.25. The van der Waals surface area contributed by atoms with E-state index in [-0.39, 0.29) is 5.56 Å². The Kier molecular flexibility index (Phi) is 4.23. The number of thiophene rings is 1. The highest BCUT2D eigenvalue weighted by Gasteiger charge is 2.08. The molecule has 1 rings (SSSR count). The van der Waals surface area contributed by atoms with Crippen molar-refractivity contribution in [3.63, 3.8) is 0 Å². The lowest BCUT2D eigenvalue weighted by molar-refractivity contribution is 0.0697. The molecule has 1 aromatic rings. The van der Waals surface area contributed by atoms with Crippen LogP contribution in [0.3, 0.4) is 0 Å². The van der Waals surface area contributed by atoms with Gasteiger partial charge in [0.05, 0.1) is 10.4 Å². The maximum Gasteiger partial charge on any atom is 0.337 e. The first-order valence-electron chi connectivity index (χ1n) is 4.06. The van der Waals surface area contributed by atoms with Gasteiger partial charge in [-0.25, -0.2) is 4.79 Å². The summed E-state index contributed by atoms with van der Waals surface area (Å²) in [6.45, 7) is 0.303.